The number of methoxy groups -OCH3 is 1. The summed E-state index contributed by atoms with van der Waals surface area (Å²) in [4.78, 5) is 14.3. The molecule has 4 nitrogen and oxygen atoms in total. The lowest BCUT2D eigenvalue weighted by molar-refractivity contribution is -0.126. The first-order valence-electron chi connectivity index (χ1n) is 8.29. The molecule has 2 aromatic carbocycles. The van der Waals surface area contributed by atoms with E-state index in [2.05, 4.69) is 12.6 Å². The fraction of sp³-hybridized carbons (Fsp3) is 0.182. The van der Waals surface area contributed by atoms with Crippen LogP contribution in [0.2, 0.25) is 0 Å². The molecule has 0 aliphatic rings. The molecule has 132 valence electrons. The molecule has 0 atom stereocenters. The van der Waals surface area contributed by atoms with Crippen LogP contribution in [0.3, 0.4) is 0 Å². The number of benzene rings is 2. The third-order valence-electron chi connectivity index (χ3n) is 3.91. The Labute approximate surface area is 154 Å². The third-order valence-corrected chi connectivity index (χ3v) is 3.91. The van der Waals surface area contributed by atoms with Crippen molar-refractivity contribution in [1.29, 1.82) is 5.26 Å². The minimum absolute atomic E-state index is 0.113. The van der Waals surface area contributed by atoms with Gasteiger partial charge < -0.3 is 9.64 Å². The number of amides is 1. The lowest BCUT2D eigenvalue weighted by Gasteiger charge is -2.19. The normalized spacial score (nSPS) is 10.3. The third kappa shape index (κ3) is 5.09. The molecule has 2 rings (SSSR count). The molecule has 0 aliphatic heterocycles. The predicted octanol–water partition coefficient (Wildman–Crippen LogP) is 4.10. The molecule has 0 aromatic heterocycles. The van der Waals surface area contributed by atoms with Crippen molar-refractivity contribution < 1.29 is 9.53 Å². The Kier molecular flexibility index (Phi) is 6.75. The van der Waals surface area contributed by atoms with Crippen LogP contribution in [0, 0.1) is 18.3 Å². The van der Waals surface area contributed by atoms with Gasteiger partial charge in [0.2, 0.25) is 5.91 Å². The zero-order valence-electron chi connectivity index (χ0n) is 15.1. The highest BCUT2D eigenvalue weighted by molar-refractivity contribution is 5.92. The Morgan fingerprint density at radius 3 is 2.62 bits per heavy atom. The number of carbonyl (C=O) groups is 1. The zero-order valence-corrected chi connectivity index (χ0v) is 15.1. The smallest absolute Gasteiger partial charge is 0.247 e. The maximum absolute atomic E-state index is 12.6. The van der Waals surface area contributed by atoms with Gasteiger partial charge in [0.15, 0.2) is 0 Å². The van der Waals surface area contributed by atoms with Crippen molar-refractivity contribution in [2.24, 2.45) is 0 Å². The number of nitrogens with zero attached hydrogens (tertiary/aromatic N) is 2. The largest absolute Gasteiger partial charge is 0.496 e. The molecule has 0 N–H and O–H groups in total. The first-order chi connectivity index (χ1) is 12.6. The topological polar surface area (TPSA) is 53.3 Å². The highest BCUT2D eigenvalue weighted by atomic mass is 16.5. The van der Waals surface area contributed by atoms with E-state index in [1.54, 1.807) is 42.4 Å². The van der Waals surface area contributed by atoms with E-state index in [1.165, 1.54) is 0 Å². The molecule has 26 heavy (non-hydrogen) atoms. The standard InChI is InChI=1S/C22H22N2O2/c1-4-13-24(16-19-8-6-18(15-23)7-9-19)22(25)12-10-20-14-17(2)5-11-21(20)26-3/h4-12,14H,1,13,16H2,2-3H3/b12-10+. The molecule has 0 spiro atoms. The van der Waals surface area contributed by atoms with Crippen LogP contribution in [-0.4, -0.2) is 24.5 Å². The van der Waals surface area contributed by atoms with E-state index in [9.17, 15) is 4.79 Å². The van der Waals surface area contributed by atoms with Crippen molar-refractivity contribution in [3.05, 3.63) is 83.4 Å². The molecular weight excluding hydrogens is 324 g/mol. The van der Waals surface area contributed by atoms with E-state index in [0.717, 1.165) is 22.4 Å². The average Bonchev–Trinajstić information content (AvgIpc) is 2.66. The van der Waals surface area contributed by atoms with Gasteiger partial charge in [0.1, 0.15) is 5.75 Å². The molecular formula is C22H22N2O2. The van der Waals surface area contributed by atoms with E-state index < -0.39 is 0 Å². The number of rotatable bonds is 7. The van der Waals surface area contributed by atoms with E-state index in [0.29, 0.717) is 18.7 Å². The number of hydrogen-bond acceptors (Lipinski definition) is 3. The van der Waals surface area contributed by atoms with Crippen LogP contribution in [0.25, 0.3) is 6.08 Å². The van der Waals surface area contributed by atoms with Gasteiger partial charge in [0, 0.05) is 24.7 Å². The summed E-state index contributed by atoms with van der Waals surface area (Å²) in [5, 5.41) is 8.88. The molecule has 0 saturated heterocycles. The van der Waals surface area contributed by atoms with Crippen LogP contribution in [0.5, 0.6) is 5.75 Å². The van der Waals surface area contributed by atoms with Crippen molar-refractivity contribution in [1.82, 2.24) is 4.90 Å². The van der Waals surface area contributed by atoms with Gasteiger partial charge in [0.05, 0.1) is 18.7 Å². The van der Waals surface area contributed by atoms with Crippen LogP contribution >= 0.6 is 0 Å². The quantitative estimate of drug-likeness (QED) is 0.560. The van der Waals surface area contributed by atoms with E-state index in [-0.39, 0.29) is 5.91 Å². The zero-order chi connectivity index (χ0) is 18.9. The van der Waals surface area contributed by atoms with Crippen LogP contribution < -0.4 is 4.74 Å². The maximum atomic E-state index is 12.6. The van der Waals surface area contributed by atoms with Crippen molar-refractivity contribution in [3.8, 4) is 11.8 Å². The molecule has 0 fully saturated rings. The highest BCUT2D eigenvalue weighted by Gasteiger charge is 2.10. The number of carbonyl (C=O) groups excluding carboxylic acids is 1. The second kappa shape index (κ2) is 9.24. The first kappa shape index (κ1) is 19.0. The van der Waals surface area contributed by atoms with Crippen molar-refractivity contribution >= 4 is 12.0 Å². The van der Waals surface area contributed by atoms with Crippen LogP contribution in [0.1, 0.15) is 22.3 Å². The fourth-order valence-corrected chi connectivity index (χ4v) is 2.54. The number of ether oxygens (including phenoxy) is 1. The Balaban J connectivity index is 2.16. The molecule has 2 aromatic rings. The minimum Gasteiger partial charge on any atom is -0.496 e. The fourth-order valence-electron chi connectivity index (χ4n) is 2.54. The van der Waals surface area contributed by atoms with Gasteiger partial charge in [-0.2, -0.15) is 5.26 Å². The van der Waals surface area contributed by atoms with Gasteiger partial charge >= 0.3 is 0 Å². The summed E-state index contributed by atoms with van der Waals surface area (Å²) in [5.41, 5.74) is 3.51. The van der Waals surface area contributed by atoms with E-state index in [1.807, 2.05) is 37.3 Å². The number of nitriles is 1. The summed E-state index contributed by atoms with van der Waals surface area (Å²) >= 11 is 0. The van der Waals surface area contributed by atoms with Crippen molar-refractivity contribution in [3.63, 3.8) is 0 Å². The van der Waals surface area contributed by atoms with Crippen LogP contribution in [-0.2, 0) is 11.3 Å². The molecule has 0 radical (unpaired) electrons. The van der Waals surface area contributed by atoms with Gasteiger partial charge in [-0.15, -0.1) is 6.58 Å². The summed E-state index contributed by atoms with van der Waals surface area (Å²) < 4.78 is 5.34. The Bertz CT molecular complexity index is 845. The average molecular weight is 346 g/mol. The van der Waals surface area contributed by atoms with E-state index >= 15 is 0 Å². The highest BCUT2D eigenvalue weighted by Crippen LogP contribution is 2.21. The van der Waals surface area contributed by atoms with Crippen molar-refractivity contribution in [2.75, 3.05) is 13.7 Å². The number of aryl methyl sites for hydroxylation is 1. The summed E-state index contributed by atoms with van der Waals surface area (Å²) in [6.45, 7) is 6.61. The molecule has 4 heteroatoms. The Hall–Kier alpha value is -3.32. The van der Waals surface area contributed by atoms with Crippen molar-refractivity contribution in [2.45, 2.75) is 13.5 Å². The second-order valence-electron chi connectivity index (χ2n) is 5.89. The lowest BCUT2D eigenvalue weighted by Crippen LogP contribution is -2.29. The minimum atomic E-state index is -0.113. The van der Waals surface area contributed by atoms with Crippen LogP contribution in [0.4, 0.5) is 0 Å². The van der Waals surface area contributed by atoms with Gasteiger partial charge in [-0.3, -0.25) is 4.79 Å². The first-order valence-corrected chi connectivity index (χ1v) is 8.29. The molecule has 0 bridgehead atoms. The Morgan fingerprint density at radius 2 is 2.00 bits per heavy atom. The maximum Gasteiger partial charge on any atom is 0.247 e. The van der Waals surface area contributed by atoms with Gasteiger partial charge in [-0.25, -0.2) is 0 Å². The van der Waals surface area contributed by atoms with Gasteiger partial charge in [-0.1, -0.05) is 29.8 Å². The van der Waals surface area contributed by atoms with E-state index in [4.69, 9.17) is 10.00 Å². The summed E-state index contributed by atoms with van der Waals surface area (Å²) in [5.74, 6) is 0.611. The Morgan fingerprint density at radius 1 is 1.27 bits per heavy atom. The molecule has 0 heterocycles. The SMILES string of the molecule is C=CCN(Cc1ccc(C#N)cc1)C(=O)/C=C/c1cc(C)ccc1OC. The summed E-state index contributed by atoms with van der Waals surface area (Å²) in [7, 11) is 1.61. The molecule has 1 amide bonds. The van der Waals surface area contributed by atoms with Crippen LogP contribution in [0.15, 0.2) is 61.2 Å². The molecule has 0 saturated carbocycles. The lowest BCUT2D eigenvalue weighted by atomic mass is 10.1. The summed E-state index contributed by atoms with van der Waals surface area (Å²) in [6.07, 6.45) is 5.01. The molecule has 0 unspecified atom stereocenters. The monoisotopic (exact) mass is 346 g/mol. The van der Waals surface area contributed by atoms with Gasteiger partial charge in [-0.05, 0) is 42.8 Å². The summed E-state index contributed by atoms with van der Waals surface area (Å²) in [6, 6.07) is 15.1. The molecule has 0 aliphatic carbocycles. The predicted molar refractivity (Wildman–Crippen MR) is 104 cm³/mol. The second-order valence-corrected chi connectivity index (χ2v) is 5.89. The van der Waals surface area contributed by atoms with Gasteiger partial charge in [0.25, 0.3) is 0 Å². The number of hydrogen-bond donors (Lipinski definition) is 0.